The van der Waals surface area contributed by atoms with Gasteiger partial charge in [0, 0.05) is 6.07 Å². The van der Waals surface area contributed by atoms with E-state index >= 15 is 0 Å². The third-order valence-electron chi connectivity index (χ3n) is 3.73. The minimum absolute atomic E-state index is 0.185. The lowest BCUT2D eigenvalue weighted by Gasteiger charge is -2.10. The molecule has 2 rings (SSSR count). The van der Waals surface area contributed by atoms with Crippen LogP contribution < -0.4 is 5.48 Å². The highest BCUT2D eigenvalue weighted by Crippen LogP contribution is 2.29. The number of rotatable bonds is 5. The van der Waals surface area contributed by atoms with E-state index in [-0.39, 0.29) is 34.8 Å². The lowest BCUT2D eigenvalue weighted by molar-refractivity contribution is -0.137. The van der Waals surface area contributed by atoms with Crippen LogP contribution in [0.1, 0.15) is 23.6 Å². The molecule has 2 aromatic rings. The van der Waals surface area contributed by atoms with E-state index in [9.17, 15) is 33.4 Å². The Bertz CT molecular complexity index is 925. The van der Waals surface area contributed by atoms with Crippen LogP contribution in [0.4, 0.5) is 13.2 Å². The fraction of sp³-hybridized carbons (Fsp3) is 0.158. The summed E-state index contributed by atoms with van der Waals surface area (Å²) in [7, 11) is 0. The molecule has 0 saturated heterocycles. The number of carbonyl (C=O) groups is 1. The van der Waals surface area contributed by atoms with Gasteiger partial charge in [-0.3, -0.25) is 9.63 Å². The number of benzene rings is 2. The van der Waals surface area contributed by atoms with E-state index in [0.29, 0.717) is 5.56 Å². The van der Waals surface area contributed by atoms with Crippen molar-refractivity contribution in [3.63, 3.8) is 0 Å². The van der Waals surface area contributed by atoms with E-state index in [4.69, 9.17) is 4.84 Å². The Balaban J connectivity index is 2.05. The number of alkyl halides is 3. The number of nitrogens with zero attached hydrogens (tertiary/aromatic N) is 1. The van der Waals surface area contributed by atoms with E-state index in [1.54, 1.807) is 6.07 Å². The van der Waals surface area contributed by atoms with Crippen LogP contribution in [0.2, 0.25) is 0 Å². The highest BCUT2D eigenvalue weighted by Gasteiger charge is 2.29. The van der Waals surface area contributed by atoms with E-state index in [0.717, 1.165) is 18.2 Å². The predicted octanol–water partition coefficient (Wildman–Crippen LogP) is 3.66. The maximum Gasteiger partial charge on any atom is 0.416 e. The molecule has 0 aliphatic carbocycles. The average molecular weight is 392 g/mol. The van der Waals surface area contributed by atoms with Crippen molar-refractivity contribution >= 4 is 11.5 Å². The number of allylic oxidation sites excluding steroid dienone is 1. The molecule has 0 aliphatic rings. The molecule has 0 saturated carbocycles. The smallest absolute Gasteiger partial charge is 0.416 e. The number of amides is 1. The number of aromatic hydroxyl groups is 2. The van der Waals surface area contributed by atoms with Crippen LogP contribution in [0, 0.1) is 11.3 Å². The summed E-state index contributed by atoms with van der Waals surface area (Å²) < 4.78 is 37.5. The van der Waals surface area contributed by atoms with Gasteiger partial charge in [-0.25, -0.2) is 5.48 Å². The molecule has 146 valence electrons. The quantitative estimate of drug-likeness (QED) is 0.409. The molecule has 0 heterocycles. The van der Waals surface area contributed by atoms with Gasteiger partial charge >= 0.3 is 6.18 Å². The molecule has 6 nitrogen and oxygen atoms in total. The van der Waals surface area contributed by atoms with Crippen LogP contribution in [0.5, 0.6) is 11.5 Å². The van der Waals surface area contributed by atoms with E-state index < -0.39 is 17.6 Å². The van der Waals surface area contributed by atoms with Crippen LogP contribution in [0.15, 0.2) is 48.0 Å². The van der Waals surface area contributed by atoms with Gasteiger partial charge in [0.1, 0.15) is 23.1 Å². The zero-order chi connectivity index (χ0) is 20.9. The molecule has 28 heavy (non-hydrogen) atoms. The number of phenolic OH excluding ortho intramolecular Hbond substituents is 2. The van der Waals surface area contributed by atoms with Crippen molar-refractivity contribution in [2.75, 3.05) is 0 Å². The minimum Gasteiger partial charge on any atom is -0.508 e. The Labute approximate surface area is 158 Å². The maximum atomic E-state index is 12.5. The molecule has 0 unspecified atom stereocenters. The van der Waals surface area contributed by atoms with Crippen LogP contribution in [0.3, 0.4) is 0 Å². The Kier molecular flexibility index (Phi) is 6.28. The van der Waals surface area contributed by atoms with E-state index in [2.05, 4.69) is 0 Å². The van der Waals surface area contributed by atoms with Gasteiger partial charge in [0.25, 0.3) is 5.91 Å². The molecule has 2 aromatic carbocycles. The second-order valence-corrected chi connectivity index (χ2v) is 5.76. The van der Waals surface area contributed by atoms with Crippen LogP contribution in [-0.2, 0) is 22.4 Å². The van der Waals surface area contributed by atoms with Crippen LogP contribution in [-0.4, -0.2) is 16.1 Å². The fourth-order valence-corrected chi connectivity index (χ4v) is 2.29. The number of nitrogens with one attached hydrogen (secondary N) is 1. The number of hydrogen-bond donors (Lipinski definition) is 3. The first-order chi connectivity index (χ1) is 13.1. The first-order valence-electron chi connectivity index (χ1n) is 7.84. The van der Waals surface area contributed by atoms with Crippen molar-refractivity contribution in [2.24, 2.45) is 0 Å². The molecule has 0 spiro atoms. The summed E-state index contributed by atoms with van der Waals surface area (Å²) in [6.45, 7) is 1.23. The average Bonchev–Trinajstić information content (AvgIpc) is 2.61. The third-order valence-corrected chi connectivity index (χ3v) is 3.73. The molecule has 1 amide bonds. The highest BCUT2D eigenvalue weighted by molar-refractivity contribution is 6.04. The van der Waals surface area contributed by atoms with Gasteiger partial charge in [-0.05, 0) is 47.9 Å². The molecule has 0 aromatic heterocycles. The highest BCUT2D eigenvalue weighted by atomic mass is 19.4. The number of phenols is 2. The summed E-state index contributed by atoms with van der Waals surface area (Å²) in [6, 6.07) is 9.52. The largest absolute Gasteiger partial charge is 0.508 e. The summed E-state index contributed by atoms with van der Waals surface area (Å²) in [4.78, 5) is 17.1. The molecular formula is C19H15F3N2O4. The molecule has 0 fully saturated rings. The van der Waals surface area contributed by atoms with Crippen molar-refractivity contribution < 1.29 is 33.0 Å². The second kappa shape index (κ2) is 8.45. The molecule has 9 heteroatoms. The van der Waals surface area contributed by atoms with Crippen molar-refractivity contribution in [1.29, 1.82) is 5.26 Å². The van der Waals surface area contributed by atoms with E-state index in [1.807, 2.05) is 5.48 Å². The summed E-state index contributed by atoms with van der Waals surface area (Å²) in [6.07, 6.45) is -4.45. The lowest BCUT2D eigenvalue weighted by atomic mass is 10.0. The SMILES string of the molecule is C/C(=C(\C#N)C(=O)NOCc1ccc(C(F)(F)F)cc1)c1cc(O)cc(O)c1. The van der Waals surface area contributed by atoms with Crippen molar-refractivity contribution in [3.05, 3.63) is 64.7 Å². The summed E-state index contributed by atoms with van der Waals surface area (Å²) >= 11 is 0. The molecule has 3 N–H and O–H groups in total. The van der Waals surface area contributed by atoms with Crippen molar-refractivity contribution in [3.8, 4) is 17.6 Å². The van der Waals surface area contributed by atoms with Crippen molar-refractivity contribution in [2.45, 2.75) is 19.7 Å². The van der Waals surface area contributed by atoms with Gasteiger partial charge in [0.15, 0.2) is 0 Å². The van der Waals surface area contributed by atoms with Gasteiger partial charge in [-0.15, -0.1) is 0 Å². The van der Waals surface area contributed by atoms with Crippen LogP contribution >= 0.6 is 0 Å². The molecule has 0 aliphatic heterocycles. The standard InChI is InChI=1S/C19H15F3N2O4/c1-11(13-6-15(25)8-16(26)7-13)17(9-23)18(27)24-28-10-12-2-4-14(5-3-12)19(20,21)22/h2-8,25-26H,10H2,1H3,(H,24,27)/b17-11-. The van der Waals surface area contributed by atoms with Crippen molar-refractivity contribution in [1.82, 2.24) is 5.48 Å². The topological polar surface area (TPSA) is 103 Å². The normalized spacial score (nSPS) is 12.1. The molecule has 0 radical (unpaired) electrons. The van der Waals surface area contributed by atoms with Gasteiger partial charge in [-0.2, -0.15) is 18.4 Å². The predicted molar refractivity (Wildman–Crippen MR) is 92.4 cm³/mol. The number of nitriles is 1. The number of hydroxylamine groups is 1. The minimum atomic E-state index is -4.45. The summed E-state index contributed by atoms with van der Waals surface area (Å²) in [5, 5.41) is 28.3. The third kappa shape index (κ3) is 5.25. The molecule has 0 atom stereocenters. The first-order valence-corrected chi connectivity index (χ1v) is 7.84. The zero-order valence-corrected chi connectivity index (χ0v) is 14.5. The molecular weight excluding hydrogens is 377 g/mol. The second-order valence-electron chi connectivity index (χ2n) is 5.76. The maximum absolute atomic E-state index is 12.5. The van der Waals surface area contributed by atoms with Gasteiger partial charge < -0.3 is 10.2 Å². The number of hydrogen-bond acceptors (Lipinski definition) is 5. The summed E-state index contributed by atoms with van der Waals surface area (Å²) in [5.74, 6) is -1.37. The van der Waals surface area contributed by atoms with Gasteiger partial charge in [0.2, 0.25) is 0 Å². The number of halogens is 3. The monoisotopic (exact) mass is 392 g/mol. The van der Waals surface area contributed by atoms with Gasteiger partial charge in [-0.1, -0.05) is 12.1 Å². The Morgan fingerprint density at radius 2 is 1.71 bits per heavy atom. The zero-order valence-electron chi connectivity index (χ0n) is 14.5. The lowest BCUT2D eigenvalue weighted by Crippen LogP contribution is -2.25. The fourth-order valence-electron chi connectivity index (χ4n) is 2.29. The van der Waals surface area contributed by atoms with E-state index in [1.165, 1.54) is 31.2 Å². The Morgan fingerprint density at radius 3 is 2.21 bits per heavy atom. The van der Waals surface area contributed by atoms with Gasteiger partial charge in [0.05, 0.1) is 12.2 Å². The summed E-state index contributed by atoms with van der Waals surface area (Å²) in [5.41, 5.74) is 1.73. The first kappa shape index (κ1) is 20.8. The molecule has 0 bridgehead atoms. The Morgan fingerprint density at radius 1 is 1.14 bits per heavy atom. The number of carbonyl (C=O) groups excluding carboxylic acids is 1. The Hall–Kier alpha value is -3.51. The van der Waals surface area contributed by atoms with Crippen LogP contribution in [0.25, 0.3) is 5.57 Å².